The highest BCUT2D eigenvalue weighted by Gasteiger charge is 2.19. The Morgan fingerprint density at radius 3 is 2.64 bits per heavy atom. The molecule has 0 amide bonds. The third-order valence-corrected chi connectivity index (χ3v) is 8.08. The highest BCUT2D eigenvalue weighted by molar-refractivity contribution is 9.10. The van der Waals surface area contributed by atoms with E-state index in [0.29, 0.717) is 62.0 Å². The zero-order chi connectivity index (χ0) is 29.2. The fourth-order valence-electron chi connectivity index (χ4n) is 4.66. The highest BCUT2D eigenvalue weighted by Crippen LogP contribution is 2.42. The Morgan fingerprint density at radius 1 is 1.02 bits per heavy atom. The molecule has 2 aromatic heterocycles. The van der Waals surface area contributed by atoms with Gasteiger partial charge in [0.05, 0.1) is 23.7 Å². The van der Waals surface area contributed by atoms with Crippen molar-refractivity contribution >= 4 is 55.6 Å². The van der Waals surface area contributed by atoms with Crippen LogP contribution in [0.5, 0.6) is 11.5 Å². The first-order valence-electron chi connectivity index (χ1n) is 13.3. The van der Waals surface area contributed by atoms with Crippen LogP contribution in [0.15, 0.2) is 104 Å². The molecule has 0 unspecified atom stereocenters. The molecule has 4 aromatic carbocycles. The van der Waals surface area contributed by atoms with E-state index in [1.54, 1.807) is 24.3 Å². The van der Waals surface area contributed by atoms with Crippen LogP contribution in [0.25, 0.3) is 33.5 Å². The van der Waals surface area contributed by atoms with Gasteiger partial charge >= 0.3 is 0 Å². The molecule has 0 saturated carbocycles. The van der Waals surface area contributed by atoms with E-state index in [9.17, 15) is 4.79 Å². The standard InChI is InChI=1S/C33H25BrClN3O4/c1-3-40-27-17-23(29(34)30(35)31(27)41-19-21-10-8-9-20(2)15-21)18-36-38-32(28-16-22-11-4-7-14-26(22)42-28)37-25-13-6-5-12-24(25)33(38)39/h4-18H,3,19H2,1-2H3. The van der Waals surface area contributed by atoms with E-state index in [2.05, 4.69) is 27.1 Å². The monoisotopic (exact) mass is 641 g/mol. The Kier molecular flexibility index (Phi) is 7.82. The van der Waals surface area contributed by atoms with E-state index >= 15 is 0 Å². The number of aromatic nitrogens is 2. The predicted octanol–water partition coefficient (Wildman–Crippen LogP) is 8.39. The van der Waals surface area contributed by atoms with Gasteiger partial charge in [-0.1, -0.05) is 71.8 Å². The van der Waals surface area contributed by atoms with Gasteiger partial charge < -0.3 is 13.9 Å². The second-order valence-corrected chi connectivity index (χ2v) is 10.8. The second-order valence-electron chi connectivity index (χ2n) is 9.59. The van der Waals surface area contributed by atoms with Gasteiger partial charge in [-0.25, -0.2) is 4.98 Å². The third-order valence-electron chi connectivity index (χ3n) is 6.63. The summed E-state index contributed by atoms with van der Waals surface area (Å²) >= 11 is 10.4. The minimum absolute atomic E-state index is 0.275. The summed E-state index contributed by atoms with van der Waals surface area (Å²) in [5.74, 6) is 1.57. The van der Waals surface area contributed by atoms with Crippen molar-refractivity contribution in [1.29, 1.82) is 0 Å². The van der Waals surface area contributed by atoms with Crippen LogP contribution >= 0.6 is 27.5 Å². The maximum Gasteiger partial charge on any atom is 0.282 e. The molecule has 0 aliphatic carbocycles. The van der Waals surface area contributed by atoms with E-state index in [0.717, 1.165) is 16.5 Å². The van der Waals surface area contributed by atoms with Crippen molar-refractivity contribution in [1.82, 2.24) is 9.66 Å². The maximum atomic E-state index is 13.7. The van der Waals surface area contributed by atoms with Gasteiger partial charge in [0.15, 0.2) is 17.3 Å². The Labute approximate surface area is 255 Å². The Bertz CT molecular complexity index is 2000. The van der Waals surface area contributed by atoms with Gasteiger partial charge in [0.1, 0.15) is 17.2 Å². The molecule has 9 heteroatoms. The number of para-hydroxylation sites is 2. The van der Waals surface area contributed by atoms with Gasteiger partial charge in [0.25, 0.3) is 5.56 Å². The minimum atomic E-state index is -0.335. The summed E-state index contributed by atoms with van der Waals surface area (Å²) < 4.78 is 19.9. The van der Waals surface area contributed by atoms with Crippen LogP contribution in [0.1, 0.15) is 23.6 Å². The third kappa shape index (κ3) is 5.43. The molecular formula is C33H25BrClN3O4. The summed E-state index contributed by atoms with van der Waals surface area (Å²) in [6.45, 7) is 4.64. The normalized spacial score (nSPS) is 11.5. The summed E-state index contributed by atoms with van der Waals surface area (Å²) in [4.78, 5) is 18.4. The van der Waals surface area contributed by atoms with E-state index in [1.807, 2.05) is 68.4 Å². The van der Waals surface area contributed by atoms with Gasteiger partial charge in [0, 0.05) is 15.4 Å². The number of aryl methyl sites for hydroxylation is 1. The molecule has 0 atom stereocenters. The average Bonchev–Trinajstić information content (AvgIpc) is 3.43. The first-order chi connectivity index (χ1) is 20.4. The lowest BCUT2D eigenvalue weighted by Crippen LogP contribution is -2.20. The maximum absolute atomic E-state index is 13.7. The van der Waals surface area contributed by atoms with Crippen molar-refractivity contribution in [3.05, 3.63) is 121 Å². The molecule has 0 bridgehead atoms. The molecule has 42 heavy (non-hydrogen) atoms. The molecular weight excluding hydrogens is 618 g/mol. The summed E-state index contributed by atoms with van der Waals surface area (Å²) in [6, 6.07) is 26.4. The van der Waals surface area contributed by atoms with E-state index in [-0.39, 0.29) is 11.4 Å². The van der Waals surface area contributed by atoms with Crippen molar-refractivity contribution < 1.29 is 13.9 Å². The van der Waals surface area contributed by atoms with Crippen molar-refractivity contribution in [2.24, 2.45) is 5.10 Å². The van der Waals surface area contributed by atoms with Crippen molar-refractivity contribution in [2.75, 3.05) is 6.61 Å². The Morgan fingerprint density at radius 2 is 1.83 bits per heavy atom. The van der Waals surface area contributed by atoms with Crippen molar-refractivity contribution in [2.45, 2.75) is 20.5 Å². The number of nitrogens with zero attached hydrogens (tertiary/aromatic N) is 3. The lowest BCUT2D eigenvalue weighted by atomic mass is 10.1. The molecule has 0 N–H and O–H groups in total. The fourth-order valence-corrected chi connectivity index (χ4v) is 5.31. The van der Waals surface area contributed by atoms with Crippen LogP contribution in [-0.2, 0) is 6.61 Å². The quantitative estimate of drug-likeness (QED) is 0.156. The fraction of sp³-hybridized carbons (Fsp3) is 0.121. The van der Waals surface area contributed by atoms with Crippen LogP contribution in [0.3, 0.4) is 0 Å². The van der Waals surface area contributed by atoms with Crippen LogP contribution < -0.4 is 15.0 Å². The van der Waals surface area contributed by atoms with Gasteiger partial charge in [-0.3, -0.25) is 4.79 Å². The molecule has 210 valence electrons. The van der Waals surface area contributed by atoms with Crippen LogP contribution in [0.2, 0.25) is 5.02 Å². The topological polar surface area (TPSA) is 78.9 Å². The number of halogens is 2. The number of hydrogen-bond donors (Lipinski definition) is 0. The highest BCUT2D eigenvalue weighted by atomic mass is 79.9. The number of fused-ring (bicyclic) bond motifs is 2. The van der Waals surface area contributed by atoms with Gasteiger partial charge in [-0.2, -0.15) is 9.78 Å². The molecule has 0 saturated heterocycles. The minimum Gasteiger partial charge on any atom is -0.490 e. The zero-order valence-electron chi connectivity index (χ0n) is 22.8. The molecule has 6 aromatic rings. The molecule has 0 fully saturated rings. The van der Waals surface area contributed by atoms with E-state index in [4.69, 9.17) is 30.5 Å². The van der Waals surface area contributed by atoms with Crippen molar-refractivity contribution in [3.63, 3.8) is 0 Å². The van der Waals surface area contributed by atoms with Gasteiger partial charge in [-0.15, -0.1) is 0 Å². The summed E-state index contributed by atoms with van der Waals surface area (Å²) in [6.07, 6.45) is 1.53. The van der Waals surface area contributed by atoms with Crippen LogP contribution in [0, 0.1) is 6.92 Å². The number of benzene rings is 4. The lowest BCUT2D eigenvalue weighted by molar-refractivity contribution is 0.269. The van der Waals surface area contributed by atoms with Gasteiger partial charge in [0.2, 0.25) is 5.82 Å². The molecule has 0 aliphatic heterocycles. The molecule has 6 rings (SSSR count). The number of furan rings is 1. The molecule has 0 radical (unpaired) electrons. The average molecular weight is 643 g/mol. The Balaban J connectivity index is 1.43. The first-order valence-corrected chi connectivity index (χ1v) is 14.5. The largest absolute Gasteiger partial charge is 0.490 e. The van der Waals surface area contributed by atoms with Gasteiger partial charge in [-0.05, 0) is 65.7 Å². The smallest absolute Gasteiger partial charge is 0.282 e. The van der Waals surface area contributed by atoms with Crippen molar-refractivity contribution in [3.8, 4) is 23.1 Å². The summed E-state index contributed by atoms with van der Waals surface area (Å²) in [5, 5.41) is 6.23. The number of hydrogen-bond acceptors (Lipinski definition) is 6. The number of rotatable bonds is 8. The summed E-state index contributed by atoms with van der Waals surface area (Å²) in [5.41, 5.74) is 3.63. The zero-order valence-corrected chi connectivity index (χ0v) is 25.1. The van der Waals surface area contributed by atoms with E-state index in [1.165, 1.54) is 10.9 Å². The predicted molar refractivity (Wildman–Crippen MR) is 170 cm³/mol. The summed E-state index contributed by atoms with van der Waals surface area (Å²) in [7, 11) is 0. The molecule has 0 spiro atoms. The van der Waals surface area contributed by atoms with Crippen LogP contribution in [0.4, 0.5) is 0 Å². The molecule has 2 heterocycles. The van der Waals surface area contributed by atoms with Crippen LogP contribution in [-0.4, -0.2) is 22.5 Å². The molecule has 7 nitrogen and oxygen atoms in total. The second kappa shape index (κ2) is 11.8. The first kappa shape index (κ1) is 27.8. The van der Waals surface area contributed by atoms with E-state index < -0.39 is 0 Å². The SMILES string of the molecule is CCOc1cc(C=Nn2c(-c3cc4ccccc4o3)nc3ccccc3c2=O)c(Br)c(Cl)c1OCc1cccc(C)c1. The lowest BCUT2D eigenvalue weighted by Gasteiger charge is -2.16. The number of ether oxygens (including phenoxy) is 2. The Hall–Kier alpha value is -4.40. The molecule has 0 aliphatic rings.